The summed E-state index contributed by atoms with van der Waals surface area (Å²) >= 11 is 4.76. The summed E-state index contributed by atoms with van der Waals surface area (Å²) in [5, 5.41) is 11.7. The molecule has 2 aromatic heterocycles. The lowest BCUT2D eigenvalue weighted by molar-refractivity contribution is -0.113. The van der Waals surface area contributed by atoms with Crippen LogP contribution in [-0.2, 0) is 4.79 Å². The Hall–Kier alpha value is -2.45. The van der Waals surface area contributed by atoms with Crippen LogP contribution in [0.3, 0.4) is 0 Å². The molecular formula is C17H12BrN5OS. The molecule has 0 spiro atoms. The summed E-state index contributed by atoms with van der Waals surface area (Å²) in [6.45, 7) is 0. The van der Waals surface area contributed by atoms with Crippen molar-refractivity contribution < 1.29 is 4.79 Å². The van der Waals surface area contributed by atoms with Crippen LogP contribution in [0.4, 0.5) is 5.69 Å². The molecule has 124 valence electrons. The van der Waals surface area contributed by atoms with Crippen molar-refractivity contribution in [3.8, 4) is 0 Å². The maximum Gasteiger partial charge on any atom is 0.234 e. The zero-order chi connectivity index (χ0) is 17.2. The fourth-order valence-corrected chi connectivity index (χ4v) is 3.61. The van der Waals surface area contributed by atoms with Crippen molar-refractivity contribution in [3.05, 3.63) is 59.3 Å². The first-order valence-corrected chi connectivity index (χ1v) is 9.26. The van der Waals surface area contributed by atoms with Gasteiger partial charge in [0.05, 0.1) is 22.5 Å². The molecule has 2 heterocycles. The molecule has 25 heavy (non-hydrogen) atoms. The average molecular weight is 414 g/mol. The third-order valence-electron chi connectivity index (χ3n) is 3.59. The molecule has 0 aliphatic rings. The number of nitrogens with one attached hydrogen (secondary N) is 1. The number of anilines is 1. The predicted octanol–water partition coefficient (Wildman–Crippen LogP) is 3.77. The van der Waals surface area contributed by atoms with Gasteiger partial charge in [-0.1, -0.05) is 36.0 Å². The highest BCUT2D eigenvalue weighted by atomic mass is 79.9. The van der Waals surface area contributed by atoms with E-state index in [0.29, 0.717) is 10.7 Å². The lowest BCUT2D eigenvalue weighted by Crippen LogP contribution is -2.14. The number of halogens is 1. The van der Waals surface area contributed by atoms with Crippen LogP contribution in [0, 0.1) is 0 Å². The molecule has 0 saturated heterocycles. The molecule has 4 rings (SSSR count). The zero-order valence-corrected chi connectivity index (χ0v) is 15.3. The monoisotopic (exact) mass is 413 g/mol. The van der Waals surface area contributed by atoms with Crippen LogP contribution in [0.5, 0.6) is 0 Å². The molecule has 0 aliphatic heterocycles. The van der Waals surface area contributed by atoms with Gasteiger partial charge in [0, 0.05) is 4.47 Å². The molecule has 0 atom stereocenters. The van der Waals surface area contributed by atoms with Crippen LogP contribution in [-0.4, -0.2) is 31.2 Å². The van der Waals surface area contributed by atoms with Crippen molar-refractivity contribution >= 4 is 56.0 Å². The topological polar surface area (TPSA) is 72.2 Å². The van der Waals surface area contributed by atoms with Gasteiger partial charge in [0.25, 0.3) is 0 Å². The Morgan fingerprint density at radius 3 is 2.84 bits per heavy atom. The van der Waals surface area contributed by atoms with Crippen molar-refractivity contribution in [3.63, 3.8) is 0 Å². The van der Waals surface area contributed by atoms with E-state index in [1.807, 2.05) is 52.9 Å². The number of hydrogen-bond acceptors (Lipinski definition) is 5. The van der Waals surface area contributed by atoms with E-state index < -0.39 is 0 Å². The summed E-state index contributed by atoms with van der Waals surface area (Å²) in [5.41, 5.74) is 3.16. The van der Waals surface area contributed by atoms with Crippen LogP contribution in [0.2, 0.25) is 0 Å². The molecular weight excluding hydrogens is 402 g/mol. The second-order valence-corrected chi connectivity index (χ2v) is 7.07. The SMILES string of the molecule is O=C(CSc1nc2ccccc2n2cnnc12)Nc1ccccc1Br. The molecule has 0 aliphatic carbocycles. The number of amides is 1. The molecule has 4 aromatic rings. The Morgan fingerprint density at radius 2 is 1.96 bits per heavy atom. The Bertz CT molecular complexity index is 1080. The summed E-state index contributed by atoms with van der Waals surface area (Å²) in [6, 6.07) is 15.3. The number of para-hydroxylation sites is 3. The van der Waals surface area contributed by atoms with Crippen molar-refractivity contribution in [2.75, 3.05) is 11.1 Å². The molecule has 1 N–H and O–H groups in total. The van der Waals surface area contributed by atoms with E-state index in [2.05, 4.69) is 36.4 Å². The molecule has 2 aromatic carbocycles. The molecule has 0 radical (unpaired) electrons. The van der Waals surface area contributed by atoms with Gasteiger partial charge in [-0.15, -0.1) is 10.2 Å². The van der Waals surface area contributed by atoms with Gasteiger partial charge in [0.2, 0.25) is 5.91 Å². The van der Waals surface area contributed by atoms with E-state index >= 15 is 0 Å². The molecule has 0 saturated carbocycles. The van der Waals surface area contributed by atoms with E-state index in [4.69, 9.17) is 0 Å². The maximum absolute atomic E-state index is 12.3. The van der Waals surface area contributed by atoms with Crippen LogP contribution in [0.25, 0.3) is 16.7 Å². The lowest BCUT2D eigenvalue weighted by atomic mass is 10.3. The second-order valence-electron chi connectivity index (χ2n) is 5.25. The molecule has 6 nitrogen and oxygen atoms in total. The number of nitrogens with zero attached hydrogens (tertiary/aromatic N) is 4. The summed E-state index contributed by atoms with van der Waals surface area (Å²) in [5.74, 6) is 0.124. The normalized spacial score (nSPS) is 11.1. The van der Waals surface area contributed by atoms with Crippen LogP contribution < -0.4 is 5.32 Å². The lowest BCUT2D eigenvalue weighted by Gasteiger charge is -2.08. The number of carbonyl (C=O) groups excluding carboxylic acids is 1. The smallest absolute Gasteiger partial charge is 0.234 e. The number of benzene rings is 2. The van der Waals surface area contributed by atoms with E-state index in [0.717, 1.165) is 21.2 Å². The number of rotatable bonds is 4. The second kappa shape index (κ2) is 6.81. The Labute approximate surface area is 155 Å². The maximum atomic E-state index is 12.3. The Balaban J connectivity index is 1.57. The van der Waals surface area contributed by atoms with Crippen molar-refractivity contribution in [1.29, 1.82) is 0 Å². The summed E-state index contributed by atoms with van der Waals surface area (Å²) in [6.07, 6.45) is 1.66. The molecule has 0 unspecified atom stereocenters. The van der Waals surface area contributed by atoms with E-state index in [1.165, 1.54) is 11.8 Å². The van der Waals surface area contributed by atoms with Gasteiger partial charge in [-0.3, -0.25) is 9.20 Å². The van der Waals surface area contributed by atoms with Gasteiger partial charge < -0.3 is 5.32 Å². The molecule has 1 amide bonds. The highest BCUT2D eigenvalue weighted by molar-refractivity contribution is 9.10. The van der Waals surface area contributed by atoms with Crippen LogP contribution >= 0.6 is 27.7 Å². The highest BCUT2D eigenvalue weighted by Gasteiger charge is 2.13. The largest absolute Gasteiger partial charge is 0.324 e. The van der Waals surface area contributed by atoms with Gasteiger partial charge in [-0.05, 0) is 40.2 Å². The number of aromatic nitrogens is 4. The first-order valence-electron chi connectivity index (χ1n) is 7.48. The third-order valence-corrected chi connectivity index (χ3v) is 5.24. The zero-order valence-electron chi connectivity index (χ0n) is 12.9. The van der Waals surface area contributed by atoms with Gasteiger partial charge in [-0.25, -0.2) is 4.98 Å². The molecule has 8 heteroatoms. The fourth-order valence-electron chi connectivity index (χ4n) is 2.46. The van der Waals surface area contributed by atoms with E-state index in [-0.39, 0.29) is 11.7 Å². The van der Waals surface area contributed by atoms with Gasteiger partial charge in [0.1, 0.15) is 11.4 Å². The predicted molar refractivity (Wildman–Crippen MR) is 102 cm³/mol. The number of hydrogen-bond donors (Lipinski definition) is 1. The fraction of sp³-hybridized carbons (Fsp3) is 0.0588. The minimum absolute atomic E-state index is 0.107. The van der Waals surface area contributed by atoms with E-state index in [1.54, 1.807) is 6.33 Å². The standard InChI is InChI=1S/C17H12BrN5OS/c18-11-5-1-2-6-12(11)20-15(24)9-25-17-16-22-19-10-23(16)14-8-4-3-7-13(14)21-17/h1-8,10H,9H2,(H,20,24). The Morgan fingerprint density at radius 1 is 1.16 bits per heavy atom. The average Bonchev–Trinajstić information content (AvgIpc) is 3.12. The Kier molecular flexibility index (Phi) is 4.37. The summed E-state index contributed by atoms with van der Waals surface area (Å²) in [4.78, 5) is 16.9. The van der Waals surface area contributed by atoms with Crippen molar-refractivity contribution in [1.82, 2.24) is 19.6 Å². The third kappa shape index (κ3) is 3.22. The summed E-state index contributed by atoms with van der Waals surface area (Å²) in [7, 11) is 0. The van der Waals surface area contributed by atoms with Gasteiger partial charge in [0.15, 0.2) is 5.65 Å². The minimum atomic E-state index is -0.107. The number of fused-ring (bicyclic) bond motifs is 3. The minimum Gasteiger partial charge on any atom is -0.324 e. The molecule has 0 fully saturated rings. The van der Waals surface area contributed by atoms with E-state index in [9.17, 15) is 4.79 Å². The number of thioether (sulfide) groups is 1. The first kappa shape index (κ1) is 16.0. The van der Waals surface area contributed by atoms with Crippen LogP contribution in [0.1, 0.15) is 0 Å². The highest BCUT2D eigenvalue weighted by Crippen LogP contribution is 2.25. The van der Waals surface area contributed by atoms with Gasteiger partial charge >= 0.3 is 0 Å². The van der Waals surface area contributed by atoms with Crippen molar-refractivity contribution in [2.45, 2.75) is 5.03 Å². The van der Waals surface area contributed by atoms with Gasteiger partial charge in [-0.2, -0.15) is 0 Å². The summed E-state index contributed by atoms with van der Waals surface area (Å²) < 4.78 is 2.73. The first-order chi connectivity index (χ1) is 12.2. The number of carbonyl (C=O) groups is 1. The van der Waals surface area contributed by atoms with Crippen molar-refractivity contribution in [2.24, 2.45) is 0 Å². The quantitative estimate of drug-likeness (QED) is 0.515. The van der Waals surface area contributed by atoms with Crippen LogP contribution in [0.15, 0.2) is 64.4 Å². The molecule has 0 bridgehead atoms.